The first-order valence-corrected chi connectivity index (χ1v) is 6.04. The van der Waals surface area contributed by atoms with E-state index in [0.717, 1.165) is 0 Å². The summed E-state index contributed by atoms with van der Waals surface area (Å²) in [7, 11) is 0. The number of carbonyl (C=O) groups is 2. The second-order valence-corrected chi connectivity index (χ2v) is 4.75. The third-order valence-electron chi connectivity index (χ3n) is 3.10. The van der Waals surface area contributed by atoms with Crippen molar-refractivity contribution < 1.29 is 27.9 Å². The predicted octanol–water partition coefficient (Wildman–Crippen LogP) is 1.83. The Hall–Kier alpha value is -1.47. The van der Waals surface area contributed by atoms with Crippen LogP contribution in [0.1, 0.15) is 26.2 Å². The maximum atomic E-state index is 12.4. The van der Waals surface area contributed by atoms with Gasteiger partial charge in [-0.25, -0.2) is 4.79 Å². The van der Waals surface area contributed by atoms with E-state index in [0.29, 0.717) is 0 Å². The maximum absolute atomic E-state index is 12.4. The Morgan fingerprint density at radius 2 is 1.89 bits per heavy atom. The SMILES string of the molecule is CC(CC(=O)O)NC(=O)N1CCC(C(F)(F)F)CC1. The summed E-state index contributed by atoms with van der Waals surface area (Å²) in [5.74, 6) is -2.39. The van der Waals surface area contributed by atoms with Crippen LogP contribution in [0.5, 0.6) is 0 Å². The Morgan fingerprint density at radius 3 is 2.32 bits per heavy atom. The molecule has 1 atom stereocenters. The van der Waals surface area contributed by atoms with Crippen LogP contribution in [0.25, 0.3) is 0 Å². The number of alkyl halides is 3. The highest BCUT2D eigenvalue weighted by molar-refractivity contribution is 5.75. The number of likely N-dealkylation sites (tertiary alicyclic amines) is 1. The summed E-state index contributed by atoms with van der Waals surface area (Å²) in [5, 5.41) is 11.0. The van der Waals surface area contributed by atoms with E-state index < -0.39 is 30.1 Å². The first-order valence-electron chi connectivity index (χ1n) is 6.04. The third kappa shape index (κ3) is 4.96. The van der Waals surface area contributed by atoms with Crippen molar-refractivity contribution in [2.24, 2.45) is 5.92 Å². The molecular weight excluding hydrogens is 265 g/mol. The Labute approximate surface area is 108 Å². The summed E-state index contributed by atoms with van der Waals surface area (Å²) in [4.78, 5) is 23.4. The summed E-state index contributed by atoms with van der Waals surface area (Å²) in [5.41, 5.74) is 0. The molecule has 0 spiro atoms. The first-order chi connectivity index (χ1) is 8.70. The number of nitrogens with one attached hydrogen (secondary N) is 1. The molecule has 1 aliphatic rings. The van der Waals surface area contributed by atoms with Crippen LogP contribution in [-0.4, -0.2) is 47.3 Å². The average molecular weight is 282 g/mol. The second-order valence-electron chi connectivity index (χ2n) is 4.75. The van der Waals surface area contributed by atoms with Gasteiger partial charge in [0.2, 0.25) is 0 Å². The van der Waals surface area contributed by atoms with Gasteiger partial charge in [-0.1, -0.05) is 0 Å². The molecule has 0 aromatic heterocycles. The monoisotopic (exact) mass is 282 g/mol. The molecule has 110 valence electrons. The van der Waals surface area contributed by atoms with E-state index >= 15 is 0 Å². The van der Waals surface area contributed by atoms with Crippen molar-refractivity contribution >= 4 is 12.0 Å². The number of halogens is 3. The van der Waals surface area contributed by atoms with Gasteiger partial charge in [0.1, 0.15) is 0 Å². The summed E-state index contributed by atoms with van der Waals surface area (Å²) in [6.07, 6.45) is -4.64. The van der Waals surface area contributed by atoms with Crippen LogP contribution < -0.4 is 5.32 Å². The zero-order valence-electron chi connectivity index (χ0n) is 10.5. The lowest BCUT2D eigenvalue weighted by atomic mass is 9.96. The van der Waals surface area contributed by atoms with Gasteiger partial charge >= 0.3 is 18.2 Å². The summed E-state index contributed by atoms with van der Waals surface area (Å²) in [6.45, 7) is 1.61. The number of carbonyl (C=O) groups excluding carboxylic acids is 1. The normalized spacial score (nSPS) is 19.1. The molecule has 1 saturated heterocycles. The topological polar surface area (TPSA) is 69.6 Å². The Kier molecular flexibility index (Phi) is 5.02. The molecule has 0 radical (unpaired) electrons. The predicted molar refractivity (Wildman–Crippen MR) is 60.6 cm³/mol. The highest BCUT2D eigenvalue weighted by Crippen LogP contribution is 2.33. The molecule has 0 aromatic carbocycles. The number of hydrogen-bond donors (Lipinski definition) is 2. The zero-order chi connectivity index (χ0) is 14.6. The van der Waals surface area contributed by atoms with E-state index in [9.17, 15) is 22.8 Å². The van der Waals surface area contributed by atoms with Gasteiger partial charge in [0.15, 0.2) is 0 Å². The molecule has 0 saturated carbocycles. The molecule has 0 bridgehead atoms. The Balaban J connectivity index is 2.39. The maximum Gasteiger partial charge on any atom is 0.391 e. The van der Waals surface area contributed by atoms with Gasteiger partial charge in [-0.15, -0.1) is 0 Å². The van der Waals surface area contributed by atoms with E-state index in [2.05, 4.69) is 5.32 Å². The van der Waals surface area contributed by atoms with E-state index in [-0.39, 0.29) is 32.4 Å². The number of rotatable bonds is 3. The Bertz CT molecular complexity index is 339. The summed E-state index contributed by atoms with van der Waals surface area (Å²) < 4.78 is 37.3. The number of nitrogens with zero attached hydrogens (tertiary/aromatic N) is 1. The lowest BCUT2D eigenvalue weighted by Gasteiger charge is -2.33. The summed E-state index contributed by atoms with van der Waals surface area (Å²) >= 11 is 0. The van der Waals surface area contributed by atoms with Crippen LogP contribution in [0.3, 0.4) is 0 Å². The van der Waals surface area contributed by atoms with E-state index in [1.165, 1.54) is 11.8 Å². The van der Waals surface area contributed by atoms with Crippen molar-refractivity contribution in [3.8, 4) is 0 Å². The fraction of sp³-hybridized carbons (Fsp3) is 0.818. The number of carboxylic acid groups (broad SMARTS) is 1. The molecule has 1 aliphatic heterocycles. The fourth-order valence-electron chi connectivity index (χ4n) is 2.02. The van der Waals surface area contributed by atoms with Crippen LogP contribution in [0, 0.1) is 5.92 Å². The second kappa shape index (κ2) is 6.12. The van der Waals surface area contributed by atoms with Crippen LogP contribution >= 0.6 is 0 Å². The third-order valence-corrected chi connectivity index (χ3v) is 3.10. The van der Waals surface area contributed by atoms with Crippen LogP contribution in [0.4, 0.5) is 18.0 Å². The number of amides is 2. The van der Waals surface area contributed by atoms with Gasteiger partial charge < -0.3 is 15.3 Å². The van der Waals surface area contributed by atoms with Crippen LogP contribution in [-0.2, 0) is 4.79 Å². The van der Waals surface area contributed by atoms with Crippen molar-refractivity contribution in [3.63, 3.8) is 0 Å². The minimum Gasteiger partial charge on any atom is -0.481 e. The minimum atomic E-state index is -4.21. The average Bonchev–Trinajstić information content (AvgIpc) is 2.26. The highest BCUT2D eigenvalue weighted by Gasteiger charge is 2.41. The molecule has 5 nitrogen and oxygen atoms in total. The molecule has 0 aromatic rings. The molecule has 19 heavy (non-hydrogen) atoms. The van der Waals surface area contributed by atoms with Gasteiger partial charge in [-0.3, -0.25) is 4.79 Å². The number of urea groups is 1. The molecule has 1 heterocycles. The van der Waals surface area contributed by atoms with Crippen LogP contribution in [0.15, 0.2) is 0 Å². The molecule has 8 heteroatoms. The van der Waals surface area contributed by atoms with Gasteiger partial charge in [0, 0.05) is 19.1 Å². The molecule has 2 N–H and O–H groups in total. The highest BCUT2D eigenvalue weighted by atomic mass is 19.4. The van der Waals surface area contributed by atoms with Crippen molar-refractivity contribution in [3.05, 3.63) is 0 Å². The first kappa shape index (κ1) is 15.6. The quantitative estimate of drug-likeness (QED) is 0.829. The van der Waals surface area contributed by atoms with Gasteiger partial charge in [0.05, 0.1) is 12.3 Å². The number of aliphatic carboxylic acids is 1. The lowest BCUT2D eigenvalue weighted by molar-refractivity contribution is -0.183. The molecule has 1 unspecified atom stereocenters. The van der Waals surface area contributed by atoms with Crippen molar-refractivity contribution in [2.75, 3.05) is 13.1 Å². The van der Waals surface area contributed by atoms with Gasteiger partial charge in [-0.05, 0) is 19.8 Å². The standard InChI is InChI=1S/C11H17F3N2O3/c1-7(6-9(17)18)15-10(19)16-4-2-8(3-5-16)11(12,13)14/h7-8H,2-6H2,1H3,(H,15,19)(H,17,18). The largest absolute Gasteiger partial charge is 0.481 e. The van der Waals surface area contributed by atoms with E-state index in [1.807, 2.05) is 0 Å². The smallest absolute Gasteiger partial charge is 0.391 e. The van der Waals surface area contributed by atoms with E-state index in [1.54, 1.807) is 0 Å². The Morgan fingerprint density at radius 1 is 1.37 bits per heavy atom. The van der Waals surface area contributed by atoms with Crippen molar-refractivity contribution in [2.45, 2.75) is 38.4 Å². The molecule has 1 fully saturated rings. The van der Waals surface area contributed by atoms with Crippen LogP contribution in [0.2, 0.25) is 0 Å². The van der Waals surface area contributed by atoms with Crippen molar-refractivity contribution in [1.82, 2.24) is 10.2 Å². The number of carboxylic acids is 1. The fourth-order valence-corrected chi connectivity index (χ4v) is 2.02. The molecular formula is C11H17F3N2O3. The van der Waals surface area contributed by atoms with E-state index in [4.69, 9.17) is 5.11 Å². The number of piperidine rings is 1. The minimum absolute atomic E-state index is 0.0375. The van der Waals surface area contributed by atoms with Gasteiger partial charge in [0.25, 0.3) is 0 Å². The van der Waals surface area contributed by atoms with Crippen molar-refractivity contribution in [1.29, 1.82) is 0 Å². The summed E-state index contributed by atoms with van der Waals surface area (Å²) in [6, 6.07) is -1.06. The lowest BCUT2D eigenvalue weighted by Crippen LogP contribution is -2.49. The molecule has 0 aliphatic carbocycles. The molecule has 2 amide bonds. The molecule has 1 rings (SSSR count). The zero-order valence-corrected chi connectivity index (χ0v) is 10.5. The van der Waals surface area contributed by atoms with Gasteiger partial charge in [-0.2, -0.15) is 13.2 Å². The number of hydrogen-bond acceptors (Lipinski definition) is 2.